The molecule has 2 heterocycles. The number of H-pyrrole nitrogens is 1. The van der Waals surface area contributed by atoms with E-state index in [1.54, 1.807) is 11.3 Å². The molecule has 3 rings (SSSR count). The Morgan fingerprint density at radius 1 is 1.35 bits per heavy atom. The van der Waals surface area contributed by atoms with Crippen LogP contribution in [0, 0.1) is 13.8 Å². The van der Waals surface area contributed by atoms with E-state index in [9.17, 15) is 4.79 Å². The SMILES string of the molecule is Cc1ccc(Br)c(-c2c(C)sc3nc(CCCCl)[nH]c(=O)c23)c1. The molecule has 0 unspecified atom stereocenters. The Balaban J connectivity index is 2.24. The number of benzene rings is 1. The second-order valence-electron chi connectivity index (χ2n) is 5.50. The molecular weight excluding hydrogens is 396 g/mol. The van der Waals surface area contributed by atoms with Crippen LogP contribution in [-0.2, 0) is 6.42 Å². The molecule has 0 radical (unpaired) electrons. The lowest BCUT2D eigenvalue weighted by atomic mass is 10.0. The fraction of sp³-hybridized carbons (Fsp3) is 0.294. The summed E-state index contributed by atoms with van der Waals surface area (Å²) in [7, 11) is 0. The van der Waals surface area contributed by atoms with E-state index in [0.29, 0.717) is 23.5 Å². The molecular formula is C17H16BrClN2OS. The van der Waals surface area contributed by atoms with Gasteiger partial charge < -0.3 is 4.98 Å². The molecule has 0 aliphatic carbocycles. The highest BCUT2D eigenvalue weighted by atomic mass is 79.9. The van der Waals surface area contributed by atoms with Gasteiger partial charge in [-0.05, 0) is 31.9 Å². The maximum Gasteiger partial charge on any atom is 0.260 e. The summed E-state index contributed by atoms with van der Waals surface area (Å²) in [6.07, 6.45) is 1.49. The van der Waals surface area contributed by atoms with Crippen molar-refractivity contribution in [2.45, 2.75) is 26.7 Å². The topological polar surface area (TPSA) is 45.8 Å². The Hall–Kier alpha value is -1.17. The minimum atomic E-state index is -0.0765. The maximum absolute atomic E-state index is 12.6. The summed E-state index contributed by atoms with van der Waals surface area (Å²) >= 11 is 10.9. The zero-order valence-corrected chi connectivity index (χ0v) is 16.0. The van der Waals surface area contributed by atoms with Crippen LogP contribution in [0.1, 0.15) is 22.7 Å². The molecule has 120 valence electrons. The Labute approximate surface area is 151 Å². The predicted molar refractivity (Wildman–Crippen MR) is 102 cm³/mol. The van der Waals surface area contributed by atoms with Gasteiger partial charge >= 0.3 is 0 Å². The van der Waals surface area contributed by atoms with Gasteiger partial charge in [0.05, 0.1) is 5.39 Å². The highest BCUT2D eigenvalue weighted by Crippen LogP contribution is 2.39. The number of rotatable bonds is 4. The molecule has 0 saturated heterocycles. The Bertz CT molecular complexity index is 932. The van der Waals surface area contributed by atoms with Gasteiger partial charge in [0.25, 0.3) is 5.56 Å². The maximum atomic E-state index is 12.6. The molecule has 2 aromatic heterocycles. The van der Waals surface area contributed by atoms with E-state index < -0.39 is 0 Å². The molecule has 0 bridgehead atoms. The van der Waals surface area contributed by atoms with Crippen LogP contribution in [0.4, 0.5) is 0 Å². The number of fused-ring (bicyclic) bond motifs is 1. The molecule has 23 heavy (non-hydrogen) atoms. The van der Waals surface area contributed by atoms with Crippen LogP contribution in [0.15, 0.2) is 27.5 Å². The first-order valence-electron chi connectivity index (χ1n) is 7.36. The van der Waals surface area contributed by atoms with Crippen molar-refractivity contribution in [1.82, 2.24) is 9.97 Å². The largest absolute Gasteiger partial charge is 0.310 e. The molecule has 0 amide bonds. The van der Waals surface area contributed by atoms with E-state index in [4.69, 9.17) is 11.6 Å². The lowest BCUT2D eigenvalue weighted by Gasteiger charge is -2.07. The van der Waals surface area contributed by atoms with Crippen molar-refractivity contribution in [2.24, 2.45) is 0 Å². The quantitative estimate of drug-likeness (QED) is 0.600. The van der Waals surface area contributed by atoms with Crippen LogP contribution in [0.5, 0.6) is 0 Å². The molecule has 0 aliphatic rings. The first-order valence-corrected chi connectivity index (χ1v) is 9.50. The van der Waals surface area contributed by atoms with Crippen molar-refractivity contribution in [3.8, 4) is 11.1 Å². The lowest BCUT2D eigenvalue weighted by Crippen LogP contribution is -2.11. The van der Waals surface area contributed by atoms with Gasteiger partial charge in [-0.3, -0.25) is 4.79 Å². The first kappa shape index (κ1) is 16.7. The second-order valence-corrected chi connectivity index (χ2v) is 7.94. The standard InChI is InChI=1S/C17H16BrClN2OS/c1-9-5-6-12(18)11(8-9)14-10(2)23-17-15(14)16(22)20-13(21-17)4-3-7-19/h5-6,8H,3-4,7H2,1-2H3,(H,20,21,22). The highest BCUT2D eigenvalue weighted by molar-refractivity contribution is 9.10. The third-order valence-corrected chi connectivity index (χ3v) is 5.68. The molecule has 3 nitrogen and oxygen atoms in total. The second kappa shape index (κ2) is 6.75. The van der Waals surface area contributed by atoms with E-state index in [1.807, 2.05) is 26.0 Å². The number of aromatic nitrogens is 2. The van der Waals surface area contributed by atoms with Gasteiger partial charge in [0.2, 0.25) is 0 Å². The zero-order chi connectivity index (χ0) is 16.6. The van der Waals surface area contributed by atoms with Crippen LogP contribution >= 0.6 is 38.9 Å². The molecule has 0 spiro atoms. The van der Waals surface area contributed by atoms with Crippen molar-refractivity contribution in [2.75, 3.05) is 5.88 Å². The molecule has 1 aromatic carbocycles. The summed E-state index contributed by atoms with van der Waals surface area (Å²) in [6, 6.07) is 6.16. The highest BCUT2D eigenvalue weighted by Gasteiger charge is 2.18. The number of thiophene rings is 1. The van der Waals surface area contributed by atoms with Crippen LogP contribution in [0.25, 0.3) is 21.3 Å². The van der Waals surface area contributed by atoms with Gasteiger partial charge in [0, 0.05) is 27.2 Å². The summed E-state index contributed by atoms with van der Waals surface area (Å²) < 4.78 is 0.983. The fourth-order valence-electron chi connectivity index (χ4n) is 2.67. The minimum absolute atomic E-state index is 0.0765. The van der Waals surface area contributed by atoms with E-state index in [0.717, 1.165) is 37.3 Å². The van der Waals surface area contributed by atoms with Crippen molar-refractivity contribution in [1.29, 1.82) is 0 Å². The Morgan fingerprint density at radius 3 is 2.87 bits per heavy atom. The van der Waals surface area contributed by atoms with Gasteiger partial charge in [0.1, 0.15) is 10.7 Å². The van der Waals surface area contributed by atoms with E-state index in [-0.39, 0.29) is 5.56 Å². The summed E-state index contributed by atoms with van der Waals surface area (Å²) in [5, 5.41) is 0.674. The number of hydrogen-bond donors (Lipinski definition) is 1. The molecule has 0 aliphatic heterocycles. The van der Waals surface area contributed by atoms with E-state index in [1.165, 1.54) is 0 Å². The average Bonchev–Trinajstić information content (AvgIpc) is 2.84. The summed E-state index contributed by atoms with van der Waals surface area (Å²) in [4.78, 5) is 22.0. The van der Waals surface area contributed by atoms with Gasteiger partial charge in [-0.25, -0.2) is 4.98 Å². The summed E-state index contributed by atoms with van der Waals surface area (Å²) in [5.41, 5.74) is 3.09. The van der Waals surface area contributed by atoms with Crippen LogP contribution in [0.3, 0.4) is 0 Å². The smallest absolute Gasteiger partial charge is 0.260 e. The van der Waals surface area contributed by atoms with Crippen LogP contribution < -0.4 is 5.56 Å². The van der Waals surface area contributed by atoms with Gasteiger partial charge in [0.15, 0.2) is 0 Å². The first-order chi connectivity index (χ1) is 11.0. The number of aryl methyl sites for hydroxylation is 3. The summed E-state index contributed by atoms with van der Waals surface area (Å²) in [6.45, 7) is 4.08. The molecule has 0 atom stereocenters. The molecule has 6 heteroatoms. The number of nitrogens with one attached hydrogen (secondary N) is 1. The Morgan fingerprint density at radius 2 is 2.13 bits per heavy atom. The van der Waals surface area contributed by atoms with Gasteiger partial charge in [-0.1, -0.05) is 33.6 Å². The van der Waals surface area contributed by atoms with Gasteiger partial charge in [-0.15, -0.1) is 22.9 Å². The van der Waals surface area contributed by atoms with Crippen molar-refractivity contribution < 1.29 is 0 Å². The van der Waals surface area contributed by atoms with Crippen LogP contribution in [-0.4, -0.2) is 15.8 Å². The number of halogens is 2. The predicted octanol–water partition coefficient (Wildman–Crippen LogP) is 5.20. The lowest BCUT2D eigenvalue weighted by molar-refractivity contribution is 0.843. The molecule has 0 saturated carbocycles. The minimum Gasteiger partial charge on any atom is -0.310 e. The molecule has 3 aromatic rings. The number of hydrogen-bond acceptors (Lipinski definition) is 3. The van der Waals surface area contributed by atoms with Gasteiger partial charge in [-0.2, -0.15) is 0 Å². The van der Waals surface area contributed by atoms with Crippen LogP contribution in [0.2, 0.25) is 0 Å². The number of nitrogens with zero attached hydrogens (tertiary/aromatic N) is 1. The van der Waals surface area contributed by atoms with Crippen molar-refractivity contribution >= 4 is 49.1 Å². The van der Waals surface area contributed by atoms with Crippen molar-refractivity contribution in [3.05, 3.63) is 49.3 Å². The monoisotopic (exact) mass is 410 g/mol. The normalized spacial score (nSPS) is 11.3. The third-order valence-electron chi connectivity index (χ3n) is 3.73. The number of aromatic amines is 1. The summed E-state index contributed by atoms with van der Waals surface area (Å²) in [5.74, 6) is 1.27. The molecule has 1 N–H and O–H groups in total. The van der Waals surface area contributed by atoms with Crippen molar-refractivity contribution in [3.63, 3.8) is 0 Å². The number of alkyl halides is 1. The molecule has 0 fully saturated rings. The Kier molecular flexibility index (Phi) is 4.90. The third kappa shape index (κ3) is 3.23. The average molecular weight is 412 g/mol. The zero-order valence-electron chi connectivity index (χ0n) is 12.9. The van der Waals surface area contributed by atoms with E-state index >= 15 is 0 Å². The van der Waals surface area contributed by atoms with E-state index in [2.05, 4.69) is 32.0 Å². The fourth-order valence-corrected chi connectivity index (χ4v) is 4.31.